The summed E-state index contributed by atoms with van der Waals surface area (Å²) in [6, 6.07) is 8.36. The third-order valence-corrected chi connectivity index (χ3v) is 5.86. The van der Waals surface area contributed by atoms with Gasteiger partial charge < -0.3 is 9.64 Å². The van der Waals surface area contributed by atoms with E-state index in [4.69, 9.17) is 4.74 Å². The Balaban J connectivity index is 1.26. The molecule has 1 saturated heterocycles. The van der Waals surface area contributed by atoms with Crippen molar-refractivity contribution in [2.75, 3.05) is 13.1 Å². The summed E-state index contributed by atoms with van der Waals surface area (Å²) in [5.74, 6) is 0.429. The summed E-state index contributed by atoms with van der Waals surface area (Å²) >= 11 is 0. The van der Waals surface area contributed by atoms with Gasteiger partial charge in [-0.2, -0.15) is 5.10 Å². The number of H-pyrrole nitrogens is 1. The van der Waals surface area contributed by atoms with Crippen molar-refractivity contribution >= 4 is 5.91 Å². The van der Waals surface area contributed by atoms with E-state index in [1.807, 2.05) is 11.1 Å². The van der Waals surface area contributed by atoms with Crippen molar-refractivity contribution in [3.05, 3.63) is 52.8 Å². The average molecular weight is 353 g/mol. The normalized spacial score (nSPS) is 20.8. The maximum absolute atomic E-state index is 12.9. The number of carbonyl (C=O) groups is 1. The number of benzene rings is 1. The average Bonchev–Trinajstić information content (AvgIpc) is 3.15. The van der Waals surface area contributed by atoms with E-state index in [9.17, 15) is 4.79 Å². The first-order valence-corrected chi connectivity index (χ1v) is 9.66. The molecule has 1 fully saturated rings. The highest BCUT2D eigenvalue weighted by molar-refractivity contribution is 5.79. The fourth-order valence-corrected chi connectivity index (χ4v) is 4.11. The molecule has 2 aromatic rings. The molecule has 0 radical (unpaired) electrons. The quantitative estimate of drug-likeness (QED) is 0.919. The molecule has 4 rings (SSSR count). The number of aromatic nitrogens is 2. The van der Waals surface area contributed by atoms with Gasteiger partial charge in [0.1, 0.15) is 0 Å². The van der Waals surface area contributed by atoms with Crippen molar-refractivity contribution < 1.29 is 9.53 Å². The van der Waals surface area contributed by atoms with Gasteiger partial charge in [-0.1, -0.05) is 24.3 Å². The molecule has 1 aromatic heterocycles. The van der Waals surface area contributed by atoms with Crippen LogP contribution in [-0.2, 0) is 29.0 Å². The summed E-state index contributed by atoms with van der Waals surface area (Å²) in [5.41, 5.74) is 4.95. The summed E-state index contributed by atoms with van der Waals surface area (Å²) in [5, 5.41) is 7.15. The van der Waals surface area contributed by atoms with Crippen LogP contribution >= 0.6 is 0 Å². The van der Waals surface area contributed by atoms with E-state index in [0.29, 0.717) is 12.5 Å². The second-order valence-corrected chi connectivity index (χ2v) is 7.58. The Bertz CT molecular complexity index is 762. The van der Waals surface area contributed by atoms with Crippen LogP contribution in [0.4, 0.5) is 0 Å². The van der Waals surface area contributed by atoms with Crippen molar-refractivity contribution in [3.63, 3.8) is 0 Å². The smallest absolute Gasteiger partial charge is 0.226 e. The Kier molecular flexibility index (Phi) is 5.07. The SMILES string of the molecule is Cc1ccccc1COC1CCN(C(=O)C2CCc3[nH]ncc3C2)CC1. The molecule has 0 saturated carbocycles. The molecule has 1 amide bonds. The number of aromatic amines is 1. The second kappa shape index (κ2) is 7.62. The zero-order valence-corrected chi connectivity index (χ0v) is 15.4. The summed E-state index contributed by atoms with van der Waals surface area (Å²) in [7, 11) is 0. The molecular weight excluding hydrogens is 326 g/mol. The van der Waals surface area contributed by atoms with Gasteiger partial charge in [-0.3, -0.25) is 9.89 Å². The fraction of sp³-hybridized carbons (Fsp3) is 0.524. The Morgan fingerprint density at radius 1 is 1.27 bits per heavy atom. The van der Waals surface area contributed by atoms with Crippen LogP contribution in [0, 0.1) is 12.8 Å². The number of nitrogens with zero attached hydrogens (tertiary/aromatic N) is 2. The topological polar surface area (TPSA) is 58.2 Å². The minimum atomic E-state index is 0.115. The number of amides is 1. The van der Waals surface area contributed by atoms with Gasteiger partial charge in [0.15, 0.2) is 0 Å². The third-order valence-electron chi connectivity index (χ3n) is 5.86. The number of carbonyl (C=O) groups excluding carboxylic acids is 1. The van der Waals surface area contributed by atoms with E-state index >= 15 is 0 Å². The molecule has 1 unspecified atom stereocenters. The van der Waals surface area contributed by atoms with Crippen LogP contribution in [0.3, 0.4) is 0 Å². The number of likely N-dealkylation sites (tertiary alicyclic amines) is 1. The monoisotopic (exact) mass is 353 g/mol. The highest BCUT2D eigenvalue weighted by Crippen LogP contribution is 2.27. The maximum atomic E-state index is 12.9. The summed E-state index contributed by atoms with van der Waals surface area (Å²) < 4.78 is 6.11. The summed E-state index contributed by atoms with van der Waals surface area (Å²) in [6.45, 7) is 4.41. The van der Waals surface area contributed by atoms with Crippen LogP contribution in [0.2, 0.25) is 0 Å². The number of hydrogen-bond donors (Lipinski definition) is 1. The number of aryl methyl sites for hydroxylation is 2. The third kappa shape index (κ3) is 3.68. The lowest BCUT2D eigenvalue weighted by molar-refractivity contribution is -0.138. The van der Waals surface area contributed by atoms with Crippen molar-refractivity contribution in [2.45, 2.75) is 51.7 Å². The highest BCUT2D eigenvalue weighted by atomic mass is 16.5. The van der Waals surface area contributed by atoms with Gasteiger partial charge in [0.2, 0.25) is 5.91 Å². The van der Waals surface area contributed by atoms with Gasteiger partial charge in [0.05, 0.1) is 18.9 Å². The molecule has 1 aliphatic carbocycles. The Morgan fingerprint density at radius 3 is 2.88 bits per heavy atom. The molecule has 1 aromatic carbocycles. The molecule has 0 bridgehead atoms. The van der Waals surface area contributed by atoms with Crippen molar-refractivity contribution in [1.29, 1.82) is 0 Å². The zero-order valence-electron chi connectivity index (χ0n) is 15.4. The number of piperidine rings is 1. The van der Waals surface area contributed by atoms with Gasteiger partial charge in [-0.15, -0.1) is 0 Å². The van der Waals surface area contributed by atoms with Gasteiger partial charge in [0, 0.05) is 24.7 Å². The number of fused-ring (bicyclic) bond motifs is 1. The molecule has 2 heterocycles. The van der Waals surface area contributed by atoms with Gasteiger partial charge in [0.25, 0.3) is 0 Å². The Hall–Kier alpha value is -2.14. The number of rotatable bonds is 4. The first-order chi connectivity index (χ1) is 12.7. The molecule has 26 heavy (non-hydrogen) atoms. The second-order valence-electron chi connectivity index (χ2n) is 7.58. The first-order valence-electron chi connectivity index (χ1n) is 9.66. The molecule has 5 heteroatoms. The minimum absolute atomic E-state index is 0.115. The molecule has 0 spiro atoms. The van der Waals surface area contributed by atoms with E-state index in [0.717, 1.165) is 45.2 Å². The lowest BCUT2D eigenvalue weighted by Crippen LogP contribution is -2.44. The standard InChI is InChI=1S/C21H27N3O2/c1-15-4-2-3-5-17(15)14-26-19-8-10-24(11-9-19)21(25)16-6-7-20-18(12-16)13-22-23-20/h2-5,13,16,19H,6-12,14H2,1H3,(H,22,23). The summed E-state index contributed by atoms with van der Waals surface area (Å²) in [4.78, 5) is 14.9. The largest absolute Gasteiger partial charge is 0.373 e. The molecule has 5 nitrogen and oxygen atoms in total. The van der Waals surface area contributed by atoms with Crippen molar-refractivity contribution in [2.24, 2.45) is 5.92 Å². The highest BCUT2D eigenvalue weighted by Gasteiger charge is 2.31. The molecule has 2 aliphatic rings. The lowest BCUT2D eigenvalue weighted by Gasteiger charge is -2.35. The number of ether oxygens (including phenoxy) is 1. The van der Waals surface area contributed by atoms with Crippen molar-refractivity contribution in [1.82, 2.24) is 15.1 Å². The van der Waals surface area contributed by atoms with E-state index in [1.165, 1.54) is 22.4 Å². The summed E-state index contributed by atoms with van der Waals surface area (Å²) in [6.07, 6.45) is 6.68. The van der Waals surface area contributed by atoms with E-state index in [2.05, 4.69) is 41.4 Å². The van der Waals surface area contributed by atoms with Crippen LogP contribution < -0.4 is 0 Å². The Labute approximate surface area is 154 Å². The number of hydrogen-bond acceptors (Lipinski definition) is 3. The molecule has 1 aliphatic heterocycles. The lowest BCUT2D eigenvalue weighted by atomic mass is 9.86. The van der Waals surface area contributed by atoms with Gasteiger partial charge in [-0.25, -0.2) is 0 Å². The fourth-order valence-electron chi connectivity index (χ4n) is 4.11. The Morgan fingerprint density at radius 2 is 2.08 bits per heavy atom. The van der Waals surface area contributed by atoms with E-state index in [1.54, 1.807) is 0 Å². The predicted octanol–water partition coefficient (Wildman–Crippen LogP) is 3.03. The van der Waals surface area contributed by atoms with Gasteiger partial charge in [-0.05, 0) is 55.7 Å². The molecule has 1 atom stereocenters. The molecular formula is C21H27N3O2. The molecule has 138 valence electrons. The maximum Gasteiger partial charge on any atom is 0.226 e. The minimum Gasteiger partial charge on any atom is -0.373 e. The zero-order chi connectivity index (χ0) is 17.9. The predicted molar refractivity (Wildman–Crippen MR) is 99.7 cm³/mol. The van der Waals surface area contributed by atoms with Crippen LogP contribution in [0.15, 0.2) is 30.5 Å². The molecule has 1 N–H and O–H groups in total. The van der Waals surface area contributed by atoms with Crippen LogP contribution in [0.1, 0.15) is 41.6 Å². The first kappa shape index (κ1) is 17.3. The van der Waals surface area contributed by atoms with Crippen LogP contribution in [0.5, 0.6) is 0 Å². The van der Waals surface area contributed by atoms with Crippen molar-refractivity contribution in [3.8, 4) is 0 Å². The van der Waals surface area contributed by atoms with Crippen LogP contribution in [0.25, 0.3) is 0 Å². The number of nitrogens with one attached hydrogen (secondary N) is 1. The van der Waals surface area contributed by atoms with E-state index in [-0.39, 0.29) is 12.0 Å². The van der Waals surface area contributed by atoms with Crippen LogP contribution in [-0.4, -0.2) is 40.2 Å². The van der Waals surface area contributed by atoms with Gasteiger partial charge >= 0.3 is 0 Å². The van der Waals surface area contributed by atoms with E-state index < -0.39 is 0 Å².